The predicted molar refractivity (Wildman–Crippen MR) is 115 cm³/mol. The molecule has 5 heteroatoms. The molecule has 2 bridgehead atoms. The van der Waals surface area contributed by atoms with Gasteiger partial charge < -0.3 is 5.32 Å². The van der Waals surface area contributed by atoms with Crippen molar-refractivity contribution in [1.82, 2.24) is 15.2 Å². The van der Waals surface area contributed by atoms with E-state index >= 15 is 0 Å². The lowest BCUT2D eigenvalue weighted by atomic mass is 9.78. The molecular weight excluding hydrogens is 366 g/mol. The number of aromatic nitrogens is 1. The fourth-order valence-electron chi connectivity index (χ4n) is 5.48. The second kappa shape index (κ2) is 7.88. The van der Waals surface area contributed by atoms with Crippen LogP contribution >= 0.6 is 11.8 Å². The van der Waals surface area contributed by atoms with E-state index in [0.717, 1.165) is 17.9 Å². The van der Waals surface area contributed by atoms with Gasteiger partial charge in [0.1, 0.15) is 5.03 Å². The number of benzene rings is 1. The molecule has 28 heavy (non-hydrogen) atoms. The summed E-state index contributed by atoms with van der Waals surface area (Å²) in [5.41, 5.74) is 1.85. The van der Waals surface area contributed by atoms with Gasteiger partial charge in [-0.25, -0.2) is 4.98 Å². The predicted octanol–water partition coefficient (Wildman–Crippen LogP) is 4.68. The van der Waals surface area contributed by atoms with Crippen LogP contribution in [0.25, 0.3) is 0 Å². The first kappa shape index (κ1) is 19.5. The van der Waals surface area contributed by atoms with E-state index in [1.165, 1.54) is 30.2 Å². The number of rotatable bonds is 6. The summed E-state index contributed by atoms with van der Waals surface area (Å²) in [5, 5.41) is 4.21. The van der Waals surface area contributed by atoms with Crippen LogP contribution in [0.15, 0.2) is 53.7 Å². The Kier molecular flexibility index (Phi) is 5.48. The van der Waals surface area contributed by atoms with Crippen molar-refractivity contribution in [1.29, 1.82) is 0 Å². The van der Waals surface area contributed by atoms with Gasteiger partial charge in [-0.1, -0.05) is 30.3 Å². The Hall–Kier alpha value is -1.85. The summed E-state index contributed by atoms with van der Waals surface area (Å²) < 4.78 is 0. The molecule has 3 heterocycles. The Morgan fingerprint density at radius 3 is 2.54 bits per heavy atom. The van der Waals surface area contributed by atoms with Crippen molar-refractivity contribution >= 4 is 17.7 Å². The maximum absolute atomic E-state index is 13.3. The molecule has 1 unspecified atom stereocenters. The van der Waals surface area contributed by atoms with Gasteiger partial charge >= 0.3 is 0 Å². The number of nitrogens with one attached hydrogen (secondary N) is 1. The fourth-order valence-corrected chi connectivity index (χ4v) is 6.03. The van der Waals surface area contributed by atoms with Crippen LogP contribution in [0.2, 0.25) is 0 Å². The van der Waals surface area contributed by atoms with Crippen molar-refractivity contribution in [2.45, 2.75) is 68.2 Å². The highest BCUT2D eigenvalue weighted by atomic mass is 32.2. The van der Waals surface area contributed by atoms with Gasteiger partial charge in [-0.05, 0) is 63.5 Å². The zero-order valence-corrected chi connectivity index (χ0v) is 17.7. The highest BCUT2D eigenvalue weighted by Crippen LogP contribution is 2.53. The van der Waals surface area contributed by atoms with Crippen molar-refractivity contribution in [3.8, 4) is 0 Å². The summed E-state index contributed by atoms with van der Waals surface area (Å²) in [6, 6.07) is 15.3. The number of hydrogen-bond acceptors (Lipinski definition) is 4. The maximum atomic E-state index is 13.3. The SMILES string of the molecule is CSc1ncccc1C(=O)NC(c1ccccc1)C12CCC(CC1)N2C(C)C. The van der Waals surface area contributed by atoms with Gasteiger partial charge in [0.25, 0.3) is 5.91 Å². The summed E-state index contributed by atoms with van der Waals surface area (Å²) in [7, 11) is 0. The number of carbonyl (C=O) groups is 1. The second-order valence-corrected chi connectivity index (χ2v) is 9.01. The van der Waals surface area contributed by atoms with Crippen LogP contribution in [-0.2, 0) is 0 Å². The van der Waals surface area contributed by atoms with E-state index < -0.39 is 0 Å². The molecule has 1 aromatic heterocycles. The number of nitrogens with zero attached hydrogens (tertiary/aromatic N) is 2. The summed E-state index contributed by atoms with van der Waals surface area (Å²) in [5.74, 6) is -0.0280. The molecule has 0 spiro atoms. The minimum absolute atomic E-state index is 0.00240. The first-order chi connectivity index (χ1) is 13.6. The molecule has 2 aromatic rings. The van der Waals surface area contributed by atoms with E-state index in [9.17, 15) is 4.79 Å². The van der Waals surface area contributed by atoms with Gasteiger partial charge in [0.05, 0.1) is 11.6 Å². The molecule has 2 fully saturated rings. The zero-order chi connectivity index (χ0) is 19.7. The van der Waals surface area contributed by atoms with Crippen molar-refractivity contribution in [2.24, 2.45) is 0 Å². The van der Waals surface area contributed by atoms with E-state index in [1.54, 1.807) is 6.20 Å². The molecule has 1 atom stereocenters. The average Bonchev–Trinajstić information content (AvgIpc) is 3.29. The molecular formula is C23H29N3OS. The molecule has 1 amide bonds. The lowest BCUT2D eigenvalue weighted by Gasteiger charge is -2.44. The fraction of sp³-hybridized carbons (Fsp3) is 0.478. The third-order valence-corrected chi connectivity index (χ3v) is 7.15. The van der Waals surface area contributed by atoms with Crippen molar-refractivity contribution in [3.63, 3.8) is 0 Å². The minimum atomic E-state index is -0.0280. The van der Waals surface area contributed by atoms with Crippen molar-refractivity contribution in [2.75, 3.05) is 6.26 Å². The van der Waals surface area contributed by atoms with Gasteiger partial charge in [-0.3, -0.25) is 9.69 Å². The zero-order valence-electron chi connectivity index (χ0n) is 16.9. The number of fused-ring (bicyclic) bond motifs is 2. The molecule has 0 radical (unpaired) electrons. The van der Waals surface area contributed by atoms with Crippen LogP contribution in [0.5, 0.6) is 0 Å². The largest absolute Gasteiger partial charge is 0.343 e. The molecule has 2 aliphatic rings. The Morgan fingerprint density at radius 1 is 1.18 bits per heavy atom. The van der Waals surface area contributed by atoms with Crippen LogP contribution in [0, 0.1) is 0 Å². The van der Waals surface area contributed by atoms with E-state index in [0.29, 0.717) is 17.6 Å². The third-order valence-electron chi connectivity index (χ3n) is 6.44. The van der Waals surface area contributed by atoms with Crippen LogP contribution in [0.1, 0.15) is 61.5 Å². The maximum Gasteiger partial charge on any atom is 0.254 e. The number of carbonyl (C=O) groups excluding carboxylic acids is 1. The van der Waals surface area contributed by atoms with Crippen LogP contribution < -0.4 is 5.32 Å². The summed E-state index contributed by atoms with van der Waals surface area (Å²) in [4.78, 5) is 20.4. The van der Waals surface area contributed by atoms with E-state index in [-0.39, 0.29) is 17.5 Å². The average molecular weight is 396 g/mol. The van der Waals surface area contributed by atoms with Crippen LogP contribution in [0.3, 0.4) is 0 Å². The number of hydrogen-bond donors (Lipinski definition) is 1. The quantitative estimate of drug-likeness (QED) is 0.722. The van der Waals surface area contributed by atoms with Gasteiger partial charge in [-0.15, -0.1) is 11.8 Å². The Morgan fingerprint density at radius 2 is 1.89 bits per heavy atom. The standard InChI is InChI=1S/C23H29N3OS/c1-16(2)26-18-11-13-23(26,14-12-18)20(17-8-5-4-6-9-17)25-21(27)19-10-7-15-24-22(19)28-3/h4-10,15-16,18,20H,11-14H2,1-3H3,(H,25,27). The smallest absolute Gasteiger partial charge is 0.254 e. The van der Waals surface area contributed by atoms with Crippen molar-refractivity contribution < 1.29 is 4.79 Å². The number of pyridine rings is 1. The van der Waals surface area contributed by atoms with Gasteiger partial charge in [0, 0.05) is 23.8 Å². The Labute approximate surface area is 172 Å². The lowest BCUT2D eigenvalue weighted by molar-refractivity contribution is 0.0651. The second-order valence-electron chi connectivity index (χ2n) is 8.21. The van der Waals surface area contributed by atoms with Gasteiger partial charge in [0.2, 0.25) is 0 Å². The molecule has 2 aliphatic heterocycles. The molecule has 4 nitrogen and oxygen atoms in total. The molecule has 2 saturated heterocycles. The Bertz CT molecular complexity index is 831. The molecule has 1 aromatic carbocycles. The first-order valence-corrected chi connectivity index (χ1v) is 11.4. The summed E-state index contributed by atoms with van der Waals surface area (Å²) in [6.07, 6.45) is 8.43. The van der Waals surface area contributed by atoms with Crippen LogP contribution in [-0.4, -0.2) is 39.7 Å². The molecule has 0 saturated carbocycles. The molecule has 4 rings (SSSR count). The van der Waals surface area contributed by atoms with Gasteiger partial charge in [0.15, 0.2) is 0 Å². The summed E-state index contributed by atoms with van der Waals surface area (Å²) >= 11 is 1.52. The monoisotopic (exact) mass is 395 g/mol. The van der Waals surface area contributed by atoms with Crippen molar-refractivity contribution in [3.05, 3.63) is 59.8 Å². The molecule has 148 valence electrons. The highest BCUT2D eigenvalue weighted by Gasteiger charge is 2.57. The third kappa shape index (κ3) is 3.25. The molecule has 1 N–H and O–H groups in total. The van der Waals surface area contributed by atoms with E-state index in [1.807, 2.05) is 24.5 Å². The lowest BCUT2D eigenvalue weighted by Crippen LogP contribution is -2.54. The van der Waals surface area contributed by atoms with E-state index in [4.69, 9.17) is 0 Å². The van der Waals surface area contributed by atoms with Crippen LogP contribution in [0.4, 0.5) is 0 Å². The molecule has 0 aliphatic carbocycles. The highest BCUT2D eigenvalue weighted by molar-refractivity contribution is 7.98. The number of amides is 1. The number of thioether (sulfide) groups is 1. The van der Waals surface area contributed by atoms with Gasteiger partial charge in [-0.2, -0.15) is 0 Å². The normalized spacial score (nSPS) is 25.2. The summed E-state index contributed by atoms with van der Waals surface area (Å²) in [6.45, 7) is 4.57. The first-order valence-electron chi connectivity index (χ1n) is 10.2. The minimum Gasteiger partial charge on any atom is -0.343 e. The van der Waals surface area contributed by atoms with E-state index in [2.05, 4.69) is 53.3 Å². The topological polar surface area (TPSA) is 45.2 Å². The Balaban J connectivity index is 1.72.